The minimum Gasteiger partial charge on any atom is -0.489 e. The summed E-state index contributed by atoms with van der Waals surface area (Å²) >= 11 is 0. The van der Waals surface area contributed by atoms with E-state index >= 15 is 0 Å². The van der Waals surface area contributed by atoms with Crippen molar-refractivity contribution in [1.82, 2.24) is 14.9 Å². The minimum absolute atomic E-state index is 0.133. The molecule has 1 unspecified atom stereocenters. The molecule has 0 amide bonds. The Hall–Kier alpha value is -2.41. The lowest BCUT2D eigenvalue weighted by atomic mass is 10.0. The van der Waals surface area contributed by atoms with Gasteiger partial charge in [-0.15, -0.1) is 0 Å². The highest BCUT2D eigenvalue weighted by Gasteiger charge is 2.29. The Morgan fingerprint density at radius 1 is 1.14 bits per heavy atom. The molecule has 0 N–H and O–H groups in total. The summed E-state index contributed by atoms with van der Waals surface area (Å²) in [7, 11) is 0. The van der Waals surface area contributed by atoms with Crippen molar-refractivity contribution >= 4 is 0 Å². The van der Waals surface area contributed by atoms with Gasteiger partial charge in [0.1, 0.15) is 30.9 Å². The third-order valence-electron chi connectivity index (χ3n) is 5.99. The van der Waals surface area contributed by atoms with Gasteiger partial charge in [0.15, 0.2) is 5.75 Å². The standard InChI is InChI=1S/C22H26FN3O3/c1-14(21-18(23)12-20-22(25-21)28-11-10-27-20)26-8-6-16(7-9-26)29-17-4-5-19(24-13-17)15-2-3-15/h4-5,12-16H,2-3,6-11H2,1H3. The fourth-order valence-electron chi connectivity index (χ4n) is 4.09. The van der Waals surface area contributed by atoms with Crippen molar-refractivity contribution in [2.24, 2.45) is 0 Å². The van der Waals surface area contributed by atoms with E-state index in [1.165, 1.54) is 24.6 Å². The van der Waals surface area contributed by atoms with E-state index in [1.54, 1.807) is 0 Å². The second-order valence-electron chi connectivity index (χ2n) is 8.08. The zero-order valence-corrected chi connectivity index (χ0v) is 16.6. The molecule has 1 saturated heterocycles. The number of pyridine rings is 2. The number of rotatable bonds is 5. The molecule has 1 saturated carbocycles. The Kier molecular flexibility index (Phi) is 4.99. The number of halogens is 1. The quantitative estimate of drug-likeness (QED) is 0.761. The summed E-state index contributed by atoms with van der Waals surface area (Å²) in [6.45, 7) is 4.52. The van der Waals surface area contributed by atoms with Crippen LogP contribution in [0.1, 0.15) is 56.0 Å². The number of hydrogen-bond acceptors (Lipinski definition) is 6. The molecule has 3 aliphatic rings. The van der Waals surface area contributed by atoms with Gasteiger partial charge in [0.05, 0.1) is 17.9 Å². The van der Waals surface area contributed by atoms with Crippen molar-refractivity contribution in [2.75, 3.05) is 26.3 Å². The van der Waals surface area contributed by atoms with Gasteiger partial charge >= 0.3 is 0 Å². The molecule has 2 aromatic rings. The summed E-state index contributed by atoms with van der Waals surface area (Å²) in [5.41, 5.74) is 1.59. The largest absolute Gasteiger partial charge is 0.489 e. The Bertz CT molecular complexity index is 864. The molecule has 2 aromatic heterocycles. The highest BCUT2D eigenvalue weighted by Crippen LogP contribution is 2.39. The summed E-state index contributed by atoms with van der Waals surface area (Å²) in [5.74, 6) is 1.92. The zero-order chi connectivity index (χ0) is 19.8. The molecule has 154 valence electrons. The molecule has 2 fully saturated rings. The number of piperidine rings is 1. The maximum Gasteiger partial charge on any atom is 0.257 e. The highest BCUT2D eigenvalue weighted by atomic mass is 19.1. The molecule has 5 rings (SSSR count). The van der Waals surface area contributed by atoms with Crippen LogP contribution in [0.25, 0.3) is 0 Å². The SMILES string of the molecule is CC(c1nc2c(cc1F)OCCO2)N1CCC(Oc2ccc(C3CC3)nc2)CC1. The molecule has 1 atom stereocenters. The van der Waals surface area contributed by atoms with Crippen LogP contribution in [0.5, 0.6) is 17.4 Å². The molecular weight excluding hydrogens is 373 g/mol. The predicted molar refractivity (Wildman–Crippen MR) is 105 cm³/mol. The summed E-state index contributed by atoms with van der Waals surface area (Å²) in [6.07, 6.45) is 6.29. The van der Waals surface area contributed by atoms with Crippen molar-refractivity contribution < 1.29 is 18.6 Å². The maximum atomic E-state index is 14.6. The molecule has 0 aromatic carbocycles. The van der Waals surface area contributed by atoms with Gasteiger partial charge in [-0.1, -0.05) is 0 Å². The smallest absolute Gasteiger partial charge is 0.257 e. The van der Waals surface area contributed by atoms with E-state index in [1.807, 2.05) is 19.2 Å². The van der Waals surface area contributed by atoms with Gasteiger partial charge in [-0.25, -0.2) is 9.37 Å². The van der Waals surface area contributed by atoms with E-state index in [0.29, 0.717) is 36.5 Å². The van der Waals surface area contributed by atoms with E-state index in [-0.39, 0.29) is 18.0 Å². The normalized spacial score (nSPS) is 21.0. The molecule has 6 nitrogen and oxygen atoms in total. The van der Waals surface area contributed by atoms with Crippen molar-refractivity contribution in [1.29, 1.82) is 0 Å². The third kappa shape index (κ3) is 4.01. The molecule has 4 heterocycles. The van der Waals surface area contributed by atoms with Crippen LogP contribution in [-0.2, 0) is 0 Å². The third-order valence-corrected chi connectivity index (χ3v) is 5.99. The van der Waals surface area contributed by atoms with Crippen LogP contribution in [0.3, 0.4) is 0 Å². The molecule has 2 aliphatic heterocycles. The Morgan fingerprint density at radius 3 is 2.66 bits per heavy atom. The number of hydrogen-bond donors (Lipinski definition) is 0. The summed E-state index contributed by atoms with van der Waals surface area (Å²) in [5, 5.41) is 0. The van der Waals surface area contributed by atoms with Crippen LogP contribution >= 0.6 is 0 Å². The molecule has 0 spiro atoms. The fourth-order valence-corrected chi connectivity index (χ4v) is 4.09. The van der Waals surface area contributed by atoms with E-state index in [2.05, 4.69) is 20.9 Å². The first-order valence-corrected chi connectivity index (χ1v) is 10.5. The average Bonchev–Trinajstić information content (AvgIpc) is 3.59. The fraction of sp³-hybridized carbons (Fsp3) is 0.545. The Labute approximate surface area is 170 Å². The number of nitrogens with zero attached hydrogens (tertiary/aromatic N) is 3. The van der Waals surface area contributed by atoms with Crippen molar-refractivity contribution in [3.05, 3.63) is 41.6 Å². The van der Waals surface area contributed by atoms with E-state index in [0.717, 1.165) is 31.7 Å². The second-order valence-corrected chi connectivity index (χ2v) is 8.08. The van der Waals surface area contributed by atoms with Crippen molar-refractivity contribution in [3.63, 3.8) is 0 Å². The van der Waals surface area contributed by atoms with E-state index < -0.39 is 0 Å². The molecule has 1 aliphatic carbocycles. The highest BCUT2D eigenvalue weighted by molar-refractivity contribution is 5.37. The van der Waals surface area contributed by atoms with Gasteiger partial charge in [0, 0.05) is 30.8 Å². The van der Waals surface area contributed by atoms with E-state index in [4.69, 9.17) is 14.2 Å². The lowest BCUT2D eigenvalue weighted by Crippen LogP contribution is -2.40. The first kappa shape index (κ1) is 18.6. The van der Waals surface area contributed by atoms with Gasteiger partial charge in [-0.2, -0.15) is 0 Å². The van der Waals surface area contributed by atoms with Crippen molar-refractivity contribution in [3.8, 4) is 17.4 Å². The molecular formula is C22H26FN3O3. The average molecular weight is 399 g/mol. The van der Waals surface area contributed by atoms with Gasteiger partial charge in [0.25, 0.3) is 5.88 Å². The van der Waals surface area contributed by atoms with Crippen LogP contribution in [0.4, 0.5) is 4.39 Å². The summed E-state index contributed by atoms with van der Waals surface area (Å²) in [6, 6.07) is 5.37. The Morgan fingerprint density at radius 2 is 1.93 bits per heavy atom. The lowest BCUT2D eigenvalue weighted by Gasteiger charge is -2.36. The number of likely N-dealkylation sites (tertiary alicyclic amines) is 1. The van der Waals surface area contributed by atoms with Gasteiger partial charge < -0.3 is 14.2 Å². The van der Waals surface area contributed by atoms with Gasteiger partial charge in [0.2, 0.25) is 0 Å². The molecule has 0 radical (unpaired) electrons. The minimum atomic E-state index is -0.345. The topological polar surface area (TPSA) is 56.7 Å². The molecule has 29 heavy (non-hydrogen) atoms. The number of ether oxygens (including phenoxy) is 3. The second kappa shape index (κ2) is 7.78. The zero-order valence-electron chi connectivity index (χ0n) is 16.6. The first-order chi connectivity index (χ1) is 14.2. The lowest BCUT2D eigenvalue weighted by molar-refractivity contribution is 0.0766. The summed E-state index contributed by atoms with van der Waals surface area (Å²) in [4.78, 5) is 11.2. The monoisotopic (exact) mass is 399 g/mol. The van der Waals surface area contributed by atoms with Gasteiger partial charge in [-0.3, -0.25) is 9.88 Å². The van der Waals surface area contributed by atoms with Crippen molar-refractivity contribution in [2.45, 2.75) is 50.7 Å². The Balaban J connectivity index is 1.19. The van der Waals surface area contributed by atoms with E-state index in [9.17, 15) is 4.39 Å². The molecule has 0 bridgehead atoms. The van der Waals surface area contributed by atoms with Crippen LogP contribution in [0, 0.1) is 5.82 Å². The predicted octanol–water partition coefficient (Wildman–Crippen LogP) is 3.87. The summed E-state index contributed by atoms with van der Waals surface area (Å²) < 4.78 is 31.6. The van der Waals surface area contributed by atoms with Crippen LogP contribution < -0.4 is 14.2 Å². The molecule has 7 heteroatoms. The van der Waals surface area contributed by atoms with Crippen LogP contribution in [0.15, 0.2) is 24.4 Å². The first-order valence-electron chi connectivity index (χ1n) is 10.5. The van der Waals surface area contributed by atoms with Crippen LogP contribution in [0.2, 0.25) is 0 Å². The van der Waals surface area contributed by atoms with Gasteiger partial charge in [-0.05, 0) is 44.7 Å². The number of fused-ring (bicyclic) bond motifs is 1. The maximum absolute atomic E-state index is 14.6. The van der Waals surface area contributed by atoms with Crippen LogP contribution in [-0.4, -0.2) is 47.3 Å². The number of aromatic nitrogens is 2.